The van der Waals surface area contributed by atoms with Crippen molar-refractivity contribution in [2.75, 3.05) is 27.3 Å². The summed E-state index contributed by atoms with van der Waals surface area (Å²) in [6, 6.07) is 13.6. The molecule has 0 saturated heterocycles. The normalized spacial score (nSPS) is 13.5. The molecule has 0 spiro atoms. The van der Waals surface area contributed by atoms with Gasteiger partial charge in [0.15, 0.2) is 16.7 Å². The quantitative estimate of drug-likeness (QED) is 0.804. The van der Waals surface area contributed by atoms with Crippen LogP contribution < -0.4 is 9.47 Å². The molecule has 1 aliphatic heterocycles. The van der Waals surface area contributed by atoms with Gasteiger partial charge in [-0.05, 0) is 30.2 Å². The second-order valence-electron chi connectivity index (χ2n) is 5.88. The Kier molecular flexibility index (Phi) is 5.83. The Bertz CT molecular complexity index is 836. The fraction of sp³-hybridized carbons (Fsp3) is 0.300. The lowest BCUT2D eigenvalue weighted by molar-refractivity contribution is 0.0856. The van der Waals surface area contributed by atoms with E-state index in [9.17, 15) is 4.79 Å². The molecule has 136 valence electrons. The third-order valence-corrected chi connectivity index (χ3v) is 5.36. The highest BCUT2D eigenvalue weighted by atomic mass is 32.2. The summed E-state index contributed by atoms with van der Waals surface area (Å²) in [6.45, 7) is 3.29. The van der Waals surface area contributed by atoms with E-state index in [2.05, 4.69) is 24.0 Å². The predicted octanol–water partition coefficient (Wildman–Crippen LogP) is 3.76. The number of para-hydroxylation sites is 1. The topological polar surface area (TPSA) is 51.1 Å². The summed E-state index contributed by atoms with van der Waals surface area (Å²) >= 11 is 1.59. The van der Waals surface area contributed by atoms with Gasteiger partial charge in [-0.2, -0.15) is 0 Å². The first-order valence-corrected chi connectivity index (χ1v) is 9.39. The third kappa shape index (κ3) is 3.70. The number of thioether (sulfide) groups is 1. The molecule has 5 nitrogen and oxygen atoms in total. The standard InChI is InChI=1S/C20H22N2O3S/c1-14-7-4-5-8-15(14)13-26-20-21-11-12-22(20)19(23)16-9-6-10-17(24-2)18(16)25-3/h4-10H,11-13H2,1-3H3. The summed E-state index contributed by atoms with van der Waals surface area (Å²) in [7, 11) is 3.10. The van der Waals surface area contributed by atoms with Gasteiger partial charge in [-0.1, -0.05) is 42.1 Å². The van der Waals surface area contributed by atoms with E-state index in [-0.39, 0.29) is 5.91 Å². The van der Waals surface area contributed by atoms with Gasteiger partial charge in [0, 0.05) is 12.3 Å². The van der Waals surface area contributed by atoms with Crippen LogP contribution in [-0.2, 0) is 5.75 Å². The van der Waals surface area contributed by atoms with Gasteiger partial charge in [0.2, 0.25) is 0 Å². The maximum Gasteiger partial charge on any atom is 0.263 e. The van der Waals surface area contributed by atoms with E-state index in [1.807, 2.05) is 12.1 Å². The van der Waals surface area contributed by atoms with Crippen molar-refractivity contribution in [3.05, 3.63) is 59.2 Å². The molecule has 0 fully saturated rings. The minimum absolute atomic E-state index is 0.116. The zero-order valence-electron chi connectivity index (χ0n) is 15.2. The van der Waals surface area contributed by atoms with Crippen LogP contribution in [-0.4, -0.2) is 43.3 Å². The number of rotatable bonds is 5. The number of aryl methyl sites for hydroxylation is 1. The Hall–Kier alpha value is -2.47. The number of hydrogen-bond acceptors (Lipinski definition) is 5. The Morgan fingerprint density at radius 1 is 1.15 bits per heavy atom. The average molecular weight is 370 g/mol. The Labute approximate surface area is 158 Å². The number of methoxy groups -OCH3 is 2. The SMILES string of the molecule is COc1cccc(C(=O)N2CCN=C2SCc2ccccc2C)c1OC. The van der Waals surface area contributed by atoms with Crippen molar-refractivity contribution in [3.63, 3.8) is 0 Å². The number of hydrogen-bond donors (Lipinski definition) is 0. The summed E-state index contributed by atoms with van der Waals surface area (Å²) < 4.78 is 10.7. The second-order valence-corrected chi connectivity index (χ2v) is 6.82. The van der Waals surface area contributed by atoms with Crippen LogP contribution in [0.4, 0.5) is 0 Å². The number of amides is 1. The fourth-order valence-corrected chi connectivity index (χ4v) is 3.97. The summed E-state index contributed by atoms with van der Waals surface area (Å²) in [5.41, 5.74) is 2.97. The van der Waals surface area contributed by atoms with E-state index >= 15 is 0 Å². The van der Waals surface area contributed by atoms with Gasteiger partial charge in [0.25, 0.3) is 5.91 Å². The highest BCUT2D eigenvalue weighted by Gasteiger charge is 2.28. The van der Waals surface area contributed by atoms with Gasteiger partial charge in [-0.25, -0.2) is 0 Å². The molecule has 0 N–H and O–H groups in total. The van der Waals surface area contributed by atoms with Gasteiger partial charge in [-0.3, -0.25) is 14.7 Å². The number of carbonyl (C=O) groups excluding carboxylic acids is 1. The zero-order valence-corrected chi connectivity index (χ0v) is 16.0. The van der Waals surface area contributed by atoms with E-state index in [4.69, 9.17) is 9.47 Å². The van der Waals surface area contributed by atoms with Crippen LogP contribution in [0.1, 0.15) is 21.5 Å². The molecule has 0 bridgehead atoms. The van der Waals surface area contributed by atoms with Crippen molar-refractivity contribution in [2.45, 2.75) is 12.7 Å². The van der Waals surface area contributed by atoms with Gasteiger partial charge >= 0.3 is 0 Å². The number of ether oxygens (including phenoxy) is 2. The molecule has 0 saturated carbocycles. The lowest BCUT2D eigenvalue weighted by Gasteiger charge is -2.20. The second kappa shape index (κ2) is 8.27. The first-order valence-electron chi connectivity index (χ1n) is 8.40. The predicted molar refractivity (Wildman–Crippen MR) is 105 cm³/mol. The van der Waals surface area contributed by atoms with Gasteiger partial charge in [0.1, 0.15) is 0 Å². The van der Waals surface area contributed by atoms with E-state index in [0.29, 0.717) is 30.2 Å². The van der Waals surface area contributed by atoms with Crippen molar-refractivity contribution >= 4 is 22.8 Å². The molecule has 1 heterocycles. The molecular weight excluding hydrogens is 348 g/mol. The highest BCUT2D eigenvalue weighted by molar-refractivity contribution is 8.13. The van der Waals surface area contributed by atoms with E-state index < -0.39 is 0 Å². The highest BCUT2D eigenvalue weighted by Crippen LogP contribution is 2.32. The molecule has 0 aliphatic carbocycles. The first-order chi connectivity index (χ1) is 12.7. The minimum atomic E-state index is -0.116. The number of nitrogens with zero attached hydrogens (tertiary/aromatic N) is 2. The van der Waals surface area contributed by atoms with Crippen molar-refractivity contribution in [3.8, 4) is 11.5 Å². The van der Waals surface area contributed by atoms with Gasteiger partial charge in [0.05, 0.1) is 26.3 Å². The van der Waals surface area contributed by atoms with Gasteiger partial charge < -0.3 is 9.47 Å². The molecule has 1 aliphatic rings. The van der Waals surface area contributed by atoms with Crippen LogP contribution in [0.2, 0.25) is 0 Å². The van der Waals surface area contributed by atoms with Crippen molar-refractivity contribution in [1.29, 1.82) is 0 Å². The lowest BCUT2D eigenvalue weighted by Crippen LogP contribution is -2.33. The molecule has 0 unspecified atom stereocenters. The largest absolute Gasteiger partial charge is 0.493 e. The maximum atomic E-state index is 13.1. The van der Waals surface area contributed by atoms with Crippen LogP contribution >= 0.6 is 11.8 Å². The summed E-state index contributed by atoms with van der Waals surface area (Å²) in [5, 5.41) is 0.753. The van der Waals surface area contributed by atoms with Crippen LogP contribution in [0.25, 0.3) is 0 Å². The third-order valence-electron chi connectivity index (χ3n) is 4.30. The Morgan fingerprint density at radius 3 is 2.69 bits per heavy atom. The lowest BCUT2D eigenvalue weighted by atomic mass is 10.1. The molecule has 0 aromatic heterocycles. The van der Waals surface area contributed by atoms with E-state index in [0.717, 1.165) is 10.9 Å². The van der Waals surface area contributed by atoms with Crippen LogP contribution in [0.3, 0.4) is 0 Å². The number of benzene rings is 2. The molecular formula is C20H22N2O3S. The molecule has 1 amide bonds. The minimum Gasteiger partial charge on any atom is -0.493 e. The molecule has 2 aromatic rings. The Balaban J connectivity index is 1.78. The van der Waals surface area contributed by atoms with E-state index in [1.165, 1.54) is 11.1 Å². The maximum absolute atomic E-state index is 13.1. The van der Waals surface area contributed by atoms with Crippen LogP contribution in [0, 0.1) is 6.92 Å². The molecule has 2 aromatic carbocycles. The van der Waals surface area contributed by atoms with Crippen molar-refractivity contribution in [2.24, 2.45) is 4.99 Å². The van der Waals surface area contributed by atoms with Crippen LogP contribution in [0.15, 0.2) is 47.5 Å². The van der Waals surface area contributed by atoms with Crippen molar-refractivity contribution in [1.82, 2.24) is 4.90 Å². The zero-order chi connectivity index (χ0) is 18.5. The molecule has 0 radical (unpaired) electrons. The number of aliphatic imine (C=N–C) groups is 1. The fourth-order valence-electron chi connectivity index (χ4n) is 2.85. The smallest absolute Gasteiger partial charge is 0.263 e. The molecule has 0 atom stereocenters. The first kappa shape index (κ1) is 18.3. The molecule has 3 rings (SSSR count). The average Bonchev–Trinajstić information content (AvgIpc) is 3.14. The number of carbonyl (C=O) groups is 1. The van der Waals surface area contributed by atoms with Gasteiger partial charge in [-0.15, -0.1) is 0 Å². The monoisotopic (exact) mass is 370 g/mol. The summed E-state index contributed by atoms with van der Waals surface area (Å²) in [4.78, 5) is 19.3. The van der Waals surface area contributed by atoms with Crippen LogP contribution in [0.5, 0.6) is 11.5 Å². The summed E-state index contributed by atoms with van der Waals surface area (Å²) in [6.07, 6.45) is 0. The molecule has 26 heavy (non-hydrogen) atoms. The van der Waals surface area contributed by atoms with E-state index in [1.54, 1.807) is 49.1 Å². The number of amidine groups is 1. The molecule has 6 heteroatoms. The van der Waals surface area contributed by atoms with Crippen molar-refractivity contribution < 1.29 is 14.3 Å². The summed E-state index contributed by atoms with van der Waals surface area (Å²) in [5.74, 6) is 1.66. The Morgan fingerprint density at radius 2 is 1.96 bits per heavy atom.